The van der Waals surface area contributed by atoms with Crippen molar-refractivity contribution in [2.75, 3.05) is 32.8 Å². The molecule has 1 aliphatic heterocycles. The highest BCUT2D eigenvalue weighted by Gasteiger charge is 2.30. The van der Waals surface area contributed by atoms with Gasteiger partial charge in [-0.1, -0.05) is 27.7 Å². The van der Waals surface area contributed by atoms with Crippen molar-refractivity contribution in [1.82, 2.24) is 10.2 Å². The summed E-state index contributed by atoms with van der Waals surface area (Å²) in [5.41, 5.74) is 0. The van der Waals surface area contributed by atoms with Gasteiger partial charge in [0.05, 0.1) is 0 Å². The predicted molar refractivity (Wildman–Crippen MR) is 77.9 cm³/mol. The molecule has 0 amide bonds. The van der Waals surface area contributed by atoms with Crippen LogP contribution in [0.5, 0.6) is 0 Å². The van der Waals surface area contributed by atoms with Gasteiger partial charge in [0.25, 0.3) is 0 Å². The molecule has 0 aromatic heterocycles. The number of hydrogen-bond donors (Lipinski definition) is 1. The van der Waals surface area contributed by atoms with Crippen molar-refractivity contribution in [3.05, 3.63) is 0 Å². The molecule has 0 aromatic carbocycles. The van der Waals surface area contributed by atoms with Crippen LogP contribution in [0.4, 0.5) is 0 Å². The molecule has 1 N–H and O–H groups in total. The van der Waals surface area contributed by atoms with E-state index < -0.39 is 0 Å². The molecule has 0 aromatic rings. The Bertz CT molecular complexity index is 219. The van der Waals surface area contributed by atoms with E-state index in [1.165, 1.54) is 13.1 Å². The maximum Gasteiger partial charge on any atom is 0.0478 e. The number of ether oxygens (including phenoxy) is 1. The number of hydrogen-bond acceptors (Lipinski definition) is 3. The quantitative estimate of drug-likeness (QED) is 0.708. The highest BCUT2D eigenvalue weighted by atomic mass is 16.5. The van der Waals surface area contributed by atoms with Gasteiger partial charge in [-0.25, -0.2) is 0 Å². The lowest BCUT2D eigenvalue weighted by Gasteiger charge is -2.43. The third-order valence-electron chi connectivity index (χ3n) is 4.00. The van der Waals surface area contributed by atoms with Crippen molar-refractivity contribution in [3.63, 3.8) is 0 Å². The van der Waals surface area contributed by atoms with Crippen LogP contribution < -0.4 is 5.32 Å². The van der Waals surface area contributed by atoms with Crippen molar-refractivity contribution in [2.45, 2.75) is 53.1 Å². The third-order valence-corrected chi connectivity index (χ3v) is 4.00. The summed E-state index contributed by atoms with van der Waals surface area (Å²) < 4.78 is 5.45. The number of rotatable bonds is 7. The van der Waals surface area contributed by atoms with E-state index in [-0.39, 0.29) is 0 Å². The first-order chi connectivity index (χ1) is 8.56. The maximum atomic E-state index is 5.45. The molecule has 1 fully saturated rings. The van der Waals surface area contributed by atoms with Crippen molar-refractivity contribution in [1.29, 1.82) is 0 Å². The van der Waals surface area contributed by atoms with Crippen LogP contribution in [0.25, 0.3) is 0 Å². The molecule has 108 valence electrons. The molecular formula is C15H32N2O. The standard InChI is InChI=1S/C15H32N2O/c1-6-18-9-7-8-17-11-14(12(2)3)16-10-15(17)13(4)5/h12-16H,6-11H2,1-5H3. The zero-order valence-corrected chi connectivity index (χ0v) is 12.9. The number of nitrogens with zero attached hydrogens (tertiary/aromatic N) is 1. The summed E-state index contributed by atoms with van der Waals surface area (Å²) in [6, 6.07) is 1.33. The Morgan fingerprint density at radius 1 is 1.22 bits per heavy atom. The minimum atomic E-state index is 0.645. The highest BCUT2D eigenvalue weighted by molar-refractivity contribution is 4.88. The zero-order chi connectivity index (χ0) is 13.5. The molecule has 1 rings (SSSR count). The molecular weight excluding hydrogens is 224 g/mol. The average molecular weight is 256 g/mol. The minimum absolute atomic E-state index is 0.645. The molecule has 0 bridgehead atoms. The summed E-state index contributed by atoms with van der Waals surface area (Å²) in [5, 5.41) is 3.71. The summed E-state index contributed by atoms with van der Waals surface area (Å²) in [4.78, 5) is 2.67. The second-order valence-corrected chi connectivity index (χ2v) is 6.12. The molecule has 3 heteroatoms. The van der Waals surface area contributed by atoms with E-state index in [2.05, 4.69) is 44.8 Å². The van der Waals surface area contributed by atoms with Gasteiger partial charge >= 0.3 is 0 Å². The molecule has 2 atom stereocenters. The molecule has 2 unspecified atom stereocenters. The Morgan fingerprint density at radius 2 is 1.94 bits per heavy atom. The van der Waals surface area contributed by atoms with Crippen molar-refractivity contribution < 1.29 is 4.74 Å². The molecule has 0 radical (unpaired) electrons. The van der Waals surface area contributed by atoms with Gasteiger partial charge in [-0.3, -0.25) is 4.90 Å². The van der Waals surface area contributed by atoms with Crippen LogP contribution in [0, 0.1) is 11.8 Å². The summed E-state index contributed by atoms with van der Waals surface area (Å²) in [5.74, 6) is 1.44. The van der Waals surface area contributed by atoms with Gasteiger partial charge in [-0.15, -0.1) is 0 Å². The van der Waals surface area contributed by atoms with Crippen molar-refractivity contribution >= 4 is 0 Å². The minimum Gasteiger partial charge on any atom is -0.382 e. The van der Waals surface area contributed by atoms with Gasteiger partial charge in [0.1, 0.15) is 0 Å². The summed E-state index contributed by atoms with van der Waals surface area (Å²) >= 11 is 0. The van der Waals surface area contributed by atoms with Gasteiger partial charge in [-0.2, -0.15) is 0 Å². The van der Waals surface area contributed by atoms with Crippen LogP contribution in [-0.4, -0.2) is 49.8 Å². The fraction of sp³-hybridized carbons (Fsp3) is 1.00. The second kappa shape index (κ2) is 8.13. The fourth-order valence-electron chi connectivity index (χ4n) is 2.73. The van der Waals surface area contributed by atoms with Crippen molar-refractivity contribution in [2.24, 2.45) is 11.8 Å². The van der Waals surface area contributed by atoms with E-state index in [0.717, 1.165) is 32.1 Å². The predicted octanol–water partition coefficient (Wildman–Crippen LogP) is 2.37. The number of piperazine rings is 1. The summed E-state index contributed by atoms with van der Waals surface area (Å²) in [7, 11) is 0. The van der Waals surface area contributed by atoms with Crippen LogP contribution >= 0.6 is 0 Å². The normalized spacial score (nSPS) is 26.2. The first-order valence-electron chi connectivity index (χ1n) is 7.61. The zero-order valence-electron chi connectivity index (χ0n) is 12.9. The molecule has 0 spiro atoms. The van der Waals surface area contributed by atoms with E-state index in [0.29, 0.717) is 18.0 Å². The first-order valence-corrected chi connectivity index (χ1v) is 7.61. The van der Waals surface area contributed by atoms with E-state index in [1.807, 2.05) is 0 Å². The van der Waals surface area contributed by atoms with Crippen LogP contribution in [0.2, 0.25) is 0 Å². The molecule has 3 nitrogen and oxygen atoms in total. The Labute approximate surface area is 113 Å². The van der Waals surface area contributed by atoms with E-state index in [1.54, 1.807) is 0 Å². The molecule has 1 aliphatic rings. The maximum absolute atomic E-state index is 5.45. The van der Waals surface area contributed by atoms with Crippen LogP contribution in [0.15, 0.2) is 0 Å². The Morgan fingerprint density at radius 3 is 2.50 bits per heavy atom. The lowest BCUT2D eigenvalue weighted by molar-refractivity contribution is 0.0687. The van der Waals surface area contributed by atoms with Crippen LogP contribution in [0.1, 0.15) is 41.0 Å². The van der Waals surface area contributed by atoms with Gasteiger partial charge in [-0.05, 0) is 25.2 Å². The molecule has 0 aliphatic carbocycles. The summed E-state index contributed by atoms with van der Waals surface area (Å²) in [6.45, 7) is 16.6. The van der Waals surface area contributed by atoms with Gasteiger partial charge in [0.15, 0.2) is 0 Å². The first kappa shape index (κ1) is 15.9. The SMILES string of the molecule is CCOCCCN1CC(C(C)C)NCC1C(C)C. The Kier molecular flexibility index (Phi) is 7.20. The molecule has 0 saturated carbocycles. The average Bonchev–Trinajstić information content (AvgIpc) is 2.34. The lowest BCUT2D eigenvalue weighted by atomic mass is 9.94. The van der Waals surface area contributed by atoms with Crippen LogP contribution in [0.3, 0.4) is 0 Å². The third kappa shape index (κ3) is 4.87. The van der Waals surface area contributed by atoms with Gasteiger partial charge in [0, 0.05) is 44.9 Å². The van der Waals surface area contributed by atoms with E-state index in [4.69, 9.17) is 4.74 Å². The molecule has 1 heterocycles. The number of nitrogens with one attached hydrogen (secondary N) is 1. The largest absolute Gasteiger partial charge is 0.382 e. The second-order valence-electron chi connectivity index (χ2n) is 6.12. The van der Waals surface area contributed by atoms with E-state index >= 15 is 0 Å². The smallest absolute Gasteiger partial charge is 0.0478 e. The topological polar surface area (TPSA) is 24.5 Å². The van der Waals surface area contributed by atoms with Crippen LogP contribution in [-0.2, 0) is 4.74 Å². The Balaban J connectivity index is 2.44. The van der Waals surface area contributed by atoms with Gasteiger partial charge < -0.3 is 10.1 Å². The van der Waals surface area contributed by atoms with Crippen molar-refractivity contribution in [3.8, 4) is 0 Å². The highest BCUT2D eigenvalue weighted by Crippen LogP contribution is 2.18. The monoisotopic (exact) mass is 256 g/mol. The molecule has 18 heavy (non-hydrogen) atoms. The van der Waals surface area contributed by atoms with Gasteiger partial charge in [0.2, 0.25) is 0 Å². The Hall–Kier alpha value is -0.120. The summed E-state index contributed by atoms with van der Waals surface area (Å²) in [6.07, 6.45) is 1.15. The van der Waals surface area contributed by atoms with E-state index in [9.17, 15) is 0 Å². The fourth-order valence-corrected chi connectivity index (χ4v) is 2.73. The molecule has 1 saturated heterocycles. The lowest BCUT2D eigenvalue weighted by Crippen LogP contribution is -2.59.